The number of nitrogens with one attached hydrogen (secondary N) is 2. The quantitative estimate of drug-likeness (QED) is 0.792. The van der Waals surface area contributed by atoms with Crippen LogP contribution in [0.3, 0.4) is 0 Å². The van der Waals surface area contributed by atoms with Gasteiger partial charge in [0.25, 0.3) is 0 Å². The van der Waals surface area contributed by atoms with Crippen LogP contribution >= 0.6 is 0 Å². The number of nitrogens with zero attached hydrogens (tertiary/aromatic N) is 4. The highest BCUT2D eigenvalue weighted by Gasteiger charge is 2.26. The van der Waals surface area contributed by atoms with Crippen molar-refractivity contribution in [3.05, 3.63) is 35.7 Å². The Bertz CT molecular complexity index is 739. The van der Waals surface area contributed by atoms with Gasteiger partial charge in [-0.1, -0.05) is 20.3 Å². The van der Waals surface area contributed by atoms with E-state index in [1.54, 1.807) is 13.8 Å². The molecule has 2 N–H and O–H groups in total. The van der Waals surface area contributed by atoms with Crippen LogP contribution in [0.2, 0.25) is 0 Å². The lowest BCUT2D eigenvalue weighted by Gasteiger charge is -2.28. The summed E-state index contributed by atoms with van der Waals surface area (Å²) in [7, 11) is 0. The van der Waals surface area contributed by atoms with Crippen LogP contribution in [0.25, 0.3) is 0 Å². The molecule has 1 fully saturated rings. The van der Waals surface area contributed by atoms with Gasteiger partial charge >= 0.3 is 0 Å². The Morgan fingerprint density at radius 1 is 0.821 bits per heavy atom. The van der Waals surface area contributed by atoms with E-state index in [0.29, 0.717) is 36.3 Å². The minimum Gasteiger partial charge on any atom is -0.309 e. The highest BCUT2D eigenvalue weighted by molar-refractivity contribution is 5.89. The molecule has 2 aromatic heterocycles. The molecule has 2 aromatic rings. The average molecular weight is 382 g/mol. The Balaban J connectivity index is 1.63. The second-order valence-corrected chi connectivity index (χ2v) is 7.05. The third-order valence-corrected chi connectivity index (χ3v) is 5.06. The molecule has 2 amide bonds. The number of amides is 2. The highest BCUT2D eigenvalue weighted by Crippen LogP contribution is 2.39. The fraction of sp³-hybridized carbons (Fsp3) is 0.500. The summed E-state index contributed by atoms with van der Waals surface area (Å²) >= 11 is 0. The Labute approximate surface area is 164 Å². The van der Waals surface area contributed by atoms with Gasteiger partial charge in [0.1, 0.15) is 0 Å². The van der Waals surface area contributed by atoms with Crippen molar-refractivity contribution in [3.63, 3.8) is 0 Å². The van der Waals surface area contributed by atoms with Crippen LogP contribution in [-0.2, 0) is 9.59 Å². The second-order valence-electron chi connectivity index (χ2n) is 7.05. The molecule has 1 aliphatic rings. The lowest BCUT2D eigenvalue weighted by Crippen LogP contribution is -2.17. The summed E-state index contributed by atoms with van der Waals surface area (Å²) in [5.74, 6) is 1.44. The molecule has 8 nitrogen and oxygen atoms in total. The van der Waals surface area contributed by atoms with E-state index in [1.165, 1.54) is 0 Å². The average Bonchev–Trinajstić information content (AvgIpc) is 2.74. The van der Waals surface area contributed by atoms with Gasteiger partial charge in [0.15, 0.2) is 11.6 Å². The Hall–Kier alpha value is -2.90. The summed E-state index contributed by atoms with van der Waals surface area (Å²) in [5.41, 5.74) is 1.89. The first-order valence-electron chi connectivity index (χ1n) is 9.86. The van der Waals surface area contributed by atoms with Crippen molar-refractivity contribution in [2.75, 3.05) is 10.6 Å². The fourth-order valence-corrected chi connectivity index (χ4v) is 3.44. The lowest BCUT2D eigenvalue weighted by molar-refractivity contribution is -0.116. The van der Waals surface area contributed by atoms with E-state index in [9.17, 15) is 9.59 Å². The smallest absolute Gasteiger partial charge is 0.225 e. The molecular weight excluding hydrogens is 356 g/mol. The monoisotopic (exact) mass is 382 g/mol. The van der Waals surface area contributed by atoms with E-state index in [0.717, 1.165) is 37.1 Å². The van der Waals surface area contributed by atoms with Crippen molar-refractivity contribution < 1.29 is 9.59 Å². The molecule has 3 rings (SSSR count). The zero-order valence-electron chi connectivity index (χ0n) is 16.3. The maximum atomic E-state index is 11.5. The lowest BCUT2D eigenvalue weighted by atomic mass is 9.78. The number of anilines is 2. The second kappa shape index (κ2) is 9.34. The summed E-state index contributed by atoms with van der Waals surface area (Å²) in [6, 6.07) is 7.51. The van der Waals surface area contributed by atoms with Gasteiger partial charge in [-0.2, -0.15) is 10.2 Å². The van der Waals surface area contributed by atoms with Gasteiger partial charge in [0, 0.05) is 24.7 Å². The predicted molar refractivity (Wildman–Crippen MR) is 106 cm³/mol. The topological polar surface area (TPSA) is 110 Å². The van der Waals surface area contributed by atoms with Gasteiger partial charge in [-0.15, -0.1) is 10.2 Å². The maximum Gasteiger partial charge on any atom is 0.225 e. The van der Waals surface area contributed by atoms with Crippen molar-refractivity contribution in [2.24, 2.45) is 0 Å². The number of rotatable bonds is 6. The largest absolute Gasteiger partial charge is 0.309 e. The van der Waals surface area contributed by atoms with E-state index in [4.69, 9.17) is 0 Å². The van der Waals surface area contributed by atoms with Crippen LogP contribution < -0.4 is 10.6 Å². The molecule has 0 spiro atoms. The first-order chi connectivity index (χ1) is 13.6. The van der Waals surface area contributed by atoms with Crippen LogP contribution in [0.5, 0.6) is 0 Å². The molecule has 28 heavy (non-hydrogen) atoms. The van der Waals surface area contributed by atoms with Crippen LogP contribution in [0.4, 0.5) is 11.6 Å². The van der Waals surface area contributed by atoms with Gasteiger partial charge in [-0.05, 0) is 43.5 Å². The molecule has 2 atom stereocenters. The maximum absolute atomic E-state index is 11.5. The van der Waals surface area contributed by atoms with Crippen molar-refractivity contribution in [2.45, 2.75) is 64.2 Å². The minimum absolute atomic E-state index is 0.0723. The summed E-state index contributed by atoms with van der Waals surface area (Å²) < 4.78 is 0. The third kappa shape index (κ3) is 5.09. The van der Waals surface area contributed by atoms with Crippen molar-refractivity contribution >= 4 is 23.5 Å². The van der Waals surface area contributed by atoms with Gasteiger partial charge in [0.2, 0.25) is 11.8 Å². The summed E-state index contributed by atoms with van der Waals surface area (Å²) in [6.45, 7) is 3.60. The van der Waals surface area contributed by atoms with Gasteiger partial charge < -0.3 is 10.6 Å². The molecule has 0 aromatic carbocycles. The molecule has 0 bridgehead atoms. The van der Waals surface area contributed by atoms with Crippen LogP contribution in [0.15, 0.2) is 24.3 Å². The van der Waals surface area contributed by atoms with E-state index in [-0.39, 0.29) is 11.8 Å². The molecule has 1 saturated carbocycles. The highest BCUT2D eigenvalue weighted by atomic mass is 16.2. The third-order valence-electron chi connectivity index (χ3n) is 5.06. The molecule has 1 aliphatic carbocycles. The molecule has 0 radical (unpaired) electrons. The first-order valence-corrected chi connectivity index (χ1v) is 9.86. The Kier molecular flexibility index (Phi) is 6.62. The van der Waals surface area contributed by atoms with Gasteiger partial charge in [0.05, 0.1) is 11.4 Å². The molecule has 8 heteroatoms. The normalized spacial score (nSPS) is 19.1. The van der Waals surface area contributed by atoms with Crippen LogP contribution in [0, 0.1) is 0 Å². The predicted octanol–water partition coefficient (Wildman–Crippen LogP) is 3.41. The molecule has 2 heterocycles. The number of hydrogen-bond acceptors (Lipinski definition) is 6. The number of carbonyl (C=O) groups is 2. The molecule has 0 saturated heterocycles. The zero-order valence-corrected chi connectivity index (χ0v) is 16.3. The first kappa shape index (κ1) is 19.9. The van der Waals surface area contributed by atoms with Gasteiger partial charge in [-0.3, -0.25) is 9.59 Å². The van der Waals surface area contributed by atoms with Crippen LogP contribution in [-0.4, -0.2) is 32.2 Å². The Morgan fingerprint density at radius 2 is 1.29 bits per heavy atom. The summed E-state index contributed by atoms with van der Waals surface area (Å²) in [4.78, 5) is 22.9. The standard InChI is InChI=1S/C20H26N6O2/c1-3-19(27)21-17-10-8-15(23-25-17)13-6-5-7-14(12-13)16-9-11-18(26-24-16)22-20(28)4-2/h8-11,13-14H,3-7,12H2,1-2H3,(H,21,25,27)(H,22,26,28)/t13-,14-/m0/s1. The zero-order chi connectivity index (χ0) is 19.9. The minimum atomic E-state index is -0.0723. The van der Waals surface area contributed by atoms with Gasteiger partial charge in [-0.25, -0.2) is 0 Å². The van der Waals surface area contributed by atoms with Crippen LogP contribution in [0.1, 0.15) is 75.6 Å². The van der Waals surface area contributed by atoms with E-state index >= 15 is 0 Å². The fourth-order valence-electron chi connectivity index (χ4n) is 3.44. The molecule has 0 unspecified atom stereocenters. The number of aromatic nitrogens is 4. The summed E-state index contributed by atoms with van der Waals surface area (Å²) in [5, 5.41) is 22.4. The Morgan fingerprint density at radius 3 is 1.64 bits per heavy atom. The van der Waals surface area contributed by atoms with E-state index in [1.807, 2.05) is 24.3 Å². The molecule has 148 valence electrons. The SMILES string of the molecule is CCC(=O)Nc1ccc([C@H]2CCC[C@H](c3ccc(NC(=O)CC)nn3)C2)nn1. The number of carbonyl (C=O) groups excluding carboxylic acids is 2. The van der Waals surface area contributed by atoms with E-state index < -0.39 is 0 Å². The van der Waals surface area contributed by atoms with Crippen molar-refractivity contribution in [1.82, 2.24) is 20.4 Å². The number of hydrogen-bond donors (Lipinski definition) is 2. The summed E-state index contributed by atoms with van der Waals surface area (Å²) in [6.07, 6.45) is 4.96. The molecule has 0 aliphatic heterocycles. The van der Waals surface area contributed by atoms with E-state index in [2.05, 4.69) is 31.0 Å². The molecular formula is C20H26N6O2. The van der Waals surface area contributed by atoms with Crippen molar-refractivity contribution in [3.8, 4) is 0 Å². The van der Waals surface area contributed by atoms with Crippen molar-refractivity contribution in [1.29, 1.82) is 0 Å².